The van der Waals surface area contributed by atoms with Crippen LogP contribution in [-0.2, 0) is 38.1 Å². The fraction of sp³-hybridized carbons (Fsp3) is 0.571. The van der Waals surface area contributed by atoms with E-state index in [2.05, 4.69) is 43.3 Å². The Bertz CT molecular complexity index is 2640. The molecule has 4 bridgehead atoms. The minimum Gasteiger partial charge on any atom is -0.511 e. The second-order valence-electron chi connectivity index (χ2n) is 23.9. The summed E-state index contributed by atoms with van der Waals surface area (Å²) < 4.78 is 0. The zero-order valence-electron chi connectivity index (χ0n) is 42.8. The number of aldehydes is 2. The molecule has 0 radical (unpaired) electrons. The Morgan fingerprint density at radius 2 is 1.65 bits per heavy atom. The fourth-order valence-corrected chi connectivity index (χ4v) is 15.5. The van der Waals surface area contributed by atoms with Crippen LogP contribution >= 0.6 is 0 Å². The van der Waals surface area contributed by atoms with Crippen LogP contribution in [0.2, 0.25) is 0 Å². The van der Waals surface area contributed by atoms with Gasteiger partial charge in [-0.1, -0.05) is 129 Å². The molecular formula is C63H81NO8. The molecule has 3 aromatic carbocycles. The Kier molecular flexibility index (Phi) is 15.9. The Hall–Kier alpha value is -4.83. The van der Waals surface area contributed by atoms with Gasteiger partial charge >= 0.3 is 5.97 Å². The fourth-order valence-electron chi connectivity index (χ4n) is 15.5. The Morgan fingerprint density at radius 3 is 2.43 bits per heavy atom. The lowest BCUT2D eigenvalue weighted by Gasteiger charge is -2.52. The van der Waals surface area contributed by atoms with Gasteiger partial charge in [-0.25, -0.2) is 0 Å². The molecule has 7 aliphatic carbocycles. The van der Waals surface area contributed by atoms with E-state index in [1.54, 1.807) is 0 Å². The number of aliphatic hydroxyl groups is 3. The second-order valence-corrected chi connectivity index (χ2v) is 23.9. The van der Waals surface area contributed by atoms with Crippen LogP contribution in [-0.4, -0.2) is 56.4 Å². The number of phenolic OH excluding ortho intramolecular Hbond substituents is 1. The van der Waals surface area contributed by atoms with E-state index in [4.69, 9.17) is 5.73 Å². The zero-order valence-corrected chi connectivity index (χ0v) is 42.8. The first-order valence-corrected chi connectivity index (χ1v) is 27.8. The summed E-state index contributed by atoms with van der Waals surface area (Å²) >= 11 is 0. The number of aliphatic hydroxyl groups excluding tert-OH is 1. The number of carboxylic acid groups (broad SMARTS) is 1. The Morgan fingerprint density at radius 1 is 0.847 bits per heavy atom. The SMILES string of the molecule is CC1(CCCc2cc(C34CCC(=CC(C(O)(O)CC=O)C(C(=O)O)C5(CCC6C=c7ccccc7=C(O)C6C5)c5cccc(c5)C3)CC4CCCCCC(C=O)C3C=C(CCN)CC3)ccc2O)CCCC1. The second kappa shape index (κ2) is 21.9. The molecule has 10 rings (SSSR count). The molecule has 0 heterocycles. The van der Waals surface area contributed by atoms with Gasteiger partial charge in [0.2, 0.25) is 0 Å². The molecule has 0 saturated heterocycles. The van der Waals surface area contributed by atoms with Gasteiger partial charge in [0.15, 0.2) is 5.79 Å². The highest BCUT2D eigenvalue weighted by Gasteiger charge is 2.57. The maximum absolute atomic E-state index is 14.3. The molecular weight excluding hydrogens is 899 g/mol. The number of fused-ring (bicyclic) bond motifs is 6. The van der Waals surface area contributed by atoms with Crippen LogP contribution in [0.25, 0.3) is 11.8 Å². The molecule has 72 heavy (non-hydrogen) atoms. The lowest BCUT2D eigenvalue weighted by atomic mass is 9.51. The molecule has 0 amide bonds. The molecule has 9 heteroatoms. The maximum Gasteiger partial charge on any atom is 0.308 e. The molecule has 3 aromatic rings. The maximum atomic E-state index is 14.3. The van der Waals surface area contributed by atoms with Crippen molar-refractivity contribution in [2.75, 3.05) is 6.54 Å². The van der Waals surface area contributed by atoms with Crippen LogP contribution < -0.4 is 16.2 Å². The lowest BCUT2D eigenvalue weighted by molar-refractivity contribution is -0.212. The molecule has 9 nitrogen and oxygen atoms in total. The van der Waals surface area contributed by atoms with Gasteiger partial charge in [-0.15, -0.1) is 0 Å². The van der Waals surface area contributed by atoms with E-state index in [0.717, 1.165) is 116 Å². The molecule has 9 unspecified atom stereocenters. The van der Waals surface area contributed by atoms with Crippen LogP contribution in [0.5, 0.6) is 5.75 Å². The number of carbonyl (C=O) groups excluding carboxylic acids is 2. The molecule has 7 aliphatic rings. The Balaban J connectivity index is 1.12. The van der Waals surface area contributed by atoms with Crippen LogP contribution in [0.15, 0.2) is 90.0 Å². The normalized spacial score (nSPS) is 29.2. The molecule has 0 aliphatic heterocycles. The predicted octanol–water partition coefficient (Wildman–Crippen LogP) is 10.4. The molecule has 7 N–H and O–H groups in total. The van der Waals surface area contributed by atoms with Gasteiger partial charge in [0.25, 0.3) is 0 Å². The first kappa shape index (κ1) is 52.0. The van der Waals surface area contributed by atoms with Crippen molar-refractivity contribution >= 4 is 30.4 Å². The number of rotatable bonds is 19. The third-order valence-electron chi connectivity index (χ3n) is 19.5. The molecule has 1 spiro atoms. The number of hydrogen-bond donors (Lipinski definition) is 6. The standard InChI is InChI=1S/C63H81NO8/c1-60(25-7-8-26-60)27-10-14-48-38-52(20-21-56(48)67)61-28-22-43(34-50(61)15-4-2-3-13-49(41-66)45-19-18-42(33-45)24-31-64)36-55(63(71,72)30-32-65)57(59(69)70)62(51-16-9-11-44(35-51)39-61)29-23-47-37-46-12-5-6-17-53(46)58(68)54(47)40-62/h5-6,9,11-12,16-17,20-21,32-33,35-38,41,45,47,49-50,54-55,57,67-68,71-72H,2-4,7-8,10,13-15,18-19,22-31,34,39-40,64H2,1H3,(H,69,70). The van der Waals surface area contributed by atoms with Gasteiger partial charge < -0.3 is 40.9 Å². The van der Waals surface area contributed by atoms with Crippen molar-refractivity contribution in [3.05, 3.63) is 123 Å². The van der Waals surface area contributed by atoms with Crippen molar-refractivity contribution in [1.29, 1.82) is 0 Å². The van der Waals surface area contributed by atoms with Crippen LogP contribution in [0.4, 0.5) is 0 Å². The van der Waals surface area contributed by atoms with Gasteiger partial charge in [-0.05, 0) is 172 Å². The van der Waals surface area contributed by atoms with Crippen molar-refractivity contribution in [3.8, 4) is 5.75 Å². The summed E-state index contributed by atoms with van der Waals surface area (Å²) in [5.74, 6) is -6.06. The molecule has 386 valence electrons. The minimum atomic E-state index is -2.67. The molecule has 0 aromatic heterocycles. The number of carbonyl (C=O) groups is 3. The summed E-state index contributed by atoms with van der Waals surface area (Å²) in [7, 11) is 0. The van der Waals surface area contributed by atoms with Crippen molar-refractivity contribution in [2.45, 2.75) is 171 Å². The van der Waals surface area contributed by atoms with Crippen molar-refractivity contribution in [2.24, 2.45) is 52.6 Å². The lowest BCUT2D eigenvalue weighted by Crippen LogP contribution is -2.55. The summed E-state index contributed by atoms with van der Waals surface area (Å²) in [5.41, 5.74) is 11.1. The number of benzene rings is 3. The number of hydrogen-bond acceptors (Lipinski definition) is 8. The van der Waals surface area contributed by atoms with E-state index >= 15 is 0 Å². The summed E-state index contributed by atoms with van der Waals surface area (Å²) in [5, 5.41) is 61.3. The summed E-state index contributed by atoms with van der Waals surface area (Å²) in [6.45, 7) is 3.04. The third-order valence-corrected chi connectivity index (χ3v) is 19.5. The molecule has 3 fully saturated rings. The number of aliphatic carboxylic acids is 1. The number of aromatic hydroxyl groups is 1. The third kappa shape index (κ3) is 10.6. The van der Waals surface area contributed by atoms with E-state index < -0.39 is 41.3 Å². The van der Waals surface area contributed by atoms with Crippen molar-refractivity contribution in [1.82, 2.24) is 0 Å². The first-order valence-electron chi connectivity index (χ1n) is 27.8. The number of aryl methyl sites for hydroxylation is 1. The average Bonchev–Trinajstić information content (AvgIpc) is 4.02. The van der Waals surface area contributed by atoms with E-state index in [9.17, 15) is 39.9 Å². The highest BCUT2D eigenvalue weighted by molar-refractivity contribution is 5.74. The van der Waals surface area contributed by atoms with Crippen LogP contribution in [0.3, 0.4) is 0 Å². The molecule has 9 atom stereocenters. The largest absolute Gasteiger partial charge is 0.511 e. The van der Waals surface area contributed by atoms with Crippen molar-refractivity contribution in [3.63, 3.8) is 0 Å². The zero-order chi connectivity index (χ0) is 50.7. The summed E-state index contributed by atoms with van der Waals surface area (Å²) in [4.78, 5) is 39.1. The number of allylic oxidation sites excluding steroid dienone is 2. The highest BCUT2D eigenvalue weighted by Crippen LogP contribution is 2.58. The minimum absolute atomic E-state index is 0.0111. The van der Waals surface area contributed by atoms with Gasteiger partial charge in [0.05, 0.1) is 12.3 Å². The molecule has 3 saturated carbocycles. The highest BCUT2D eigenvalue weighted by atomic mass is 16.5. The van der Waals surface area contributed by atoms with Gasteiger partial charge in [0, 0.05) is 33.8 Å². The Labute approximate surface area is 427 Å². The van der Waals surface area contributed by atoms with E-state index in [1.165, 1.54) is 36.8 Å². The first-order chi connectivity index (χ1) is 34.7. The van der Waals surface area contributed by atoms with Gasteiger partial charge in [-0.2, -0.15) is 0 Å². The number of carboxylic acids is 1. The smallest absolute Gasteiger partial charge is 0.308 e. The predicted molar refractivity (Wildman–Crippen MR) is 283 cm³/mol. The number of phenols is 1. The van der Waals surface area contributed by atoms with Crippen LogP contribution in [0.1, 0.15) is 164 Å². The van der Waals surface area contributed by atoms with Gasteiger partial charge in [-0.3, -0.25) is 4.79 Å². The van der Waals surface area contributed by atoms with Gasteiger partial charge in [0.1, 0.15) is 24.1 Å². The summed E-state index contributed by atoms with van der Waals surface area (Å²) in [6, 6.07) is 22.5. The van der Waals surface area contributed by atoms with E-state index in [-0.39, 0.29) is 41.3 Å². The van der Waals surface area contributed by atoms with E-state index in [0.29, 0.717) is 56.1 Å². The average molecular weight is 980 g/mol. The van der Waals surface area contributed by atoms with Crippen LogP contribution in [0, 0.1) is 46.8 Å². The quantitative estimate of drug-likeness (QED) is 0.0295. The monoisotopic (exact) mass is 980 g/mol. The summed E-state index contributed by atoms with van der Waals surface area (Å²) in [6.07, 6.45) is 26.7. The number of nitrogens with two attached hydrogens (primary N) is 1. The topological polar surface area (TPSA) is 178 Å². The number of unbranched alkanes of at least 4 members (excludes halogenated alkanes) is 2. The van der Waals surface area contributed by atoms with Crippen molar-refractivity contribution < 1.29 is 39.9 Å². The van der Waals surface area contributed by atoms with E-state index in [1.807, 2.05) is 48.5 Å².